The summed E-state index contributed by atoms with van der Waals surface area (Å²) in [6.07, 6.45) is 2.43. The maximum atomic E-state index is 12.4. The van der Waals surface area contributed by atoms with Crippen LogP contribution in [0.4, 0.5) is 11.4 Å². The van der Waals surface area contributed by atoms with E-state index in [1.807, 2.05) is 6.92 Å². The molecule has 1 amide bonds. The van der Waals surface area contributed by atoms with Gasteiger partial charge >= 0.3 is 0 Å². The molecule has 2 N–H and O–H groups in total. The fourth-order valence-electron chi connectivity index (χ4n) is 2.16. The molecule has 0 saturated carbocycles. The summed E-state index contributed by atoms with van der Waals surface area (Å²) in [5.41, 5.74) is 0.707. The van der Waals surface area contributed by atoms with Gasteiger partial charge in [0.25, 0.3) is 15.9 Å². The predicted molar refractivity (Wildman–Crippen MR) is 83.9 cm³/mol. The minimum absolute atomic E-state index is 0.0268. The summed E-state index contributed by atoms with van der Waals surface area (Å²) in [5, 5.41) is 6.64. The van der Waals surface area contributed by atoms with Gasteiger partial charge in [0, 0.05) is 12.7 Å². The second-order valence-corrected chi connectivity index (χ2v) is 6.78. The number of sulfonamides is 1. The van der Waals surface area contributed by atoms with Crippen LogP contribution in [0.15, 0.2) is 35.5 Å². The molecule has 8 nitrogen and oxygen atoms in total. The highest BCUT2D eigenvalue weighted by Crippen LogP contribution is 2.32. The lowest BCUT2D eigenvalue weighted by Gasteiger charge is -2.23. The van der Waals surface area contributed by atoms with Crippen molar-refractivity contribution in [3.8, 4) is 5.75 Å². The van der Waals surface area contributed by atoms with Gasteiger partial charge in [-0.25, -0.2) is 8.42 Å². The van der Waals surface area contributed by atoms with Crippen LogP contribution in [0.3, 0.4) is 0 Å². The minimum Gasteiger partial charge on any atom is -0.479 e. The highest BCUT2D eigenvalue weighted by Gasteiger charge is 2.25. The zero-order valence-corrected chi connectivity index (χ0v) is 13.4. The Hall–Kier alpha value is -2.55. The highest BCUT2D eigenvalue weighted by atomic mass is 32.2. The zero-order valence-electron chi connectivity index (χ0n) is 12.6. The standard InChI is InChI=1S/C14H16N4O4S/c1-3-18-8-10(7-15-18)17-23(20,21)11-4-5-13-12(6-11)16-14(19)9(2)22-13/h4-9,17H,3H2,1-2H3,(H,16,19)/t9-/m1/s1. The first-order chi connectivity index (χ1) is 10.9. The van der Waals surface area contributed by atoms with Gasteiger partial charge in [-0.2, -0.15) is 5.10 Å². The van der Waals surface area contributed by atoms with Crippen molar-refractivity contribution in [2.45, 2.75) is 31.4 Å². The van der Waals surface area contributed by atoms with Crippen molar-refractivity contribution in [2.24, 2.45) is 0 Å². The van der Waals surface area contributed by atoms with Crippen LogP contribution in [0.2, 0.25) is 0 Å². The lowest BCUT2D eigenvalue weighted by Crippen LogP contribution is -2.34. The Bertz CT molecular complexity index is 859. The first-order valence-electron chi connectivity index (χ1n) is 7.06. The summed E-state index contributed by atoms with van der Waals surface area (Å²) in [7, 11) is -3.78. The Labute approximate surface area is 133 Å². The van der Waals surface area contributed by atoms with Crippen LogP contribution in [0.25, 0.3) is 0 Å². The number of rotatable bonds is 4. The predicted octanol–water partition coefficient (Wildman–Crippen LogP) is 1.42. The summed E-state index contributed by atoms with van der Waals surface area (Å²) in [6, 6.07) is 4.32. The molecule has 1 aromatic heterocycles. The molecule has 1 aromatic carbocycles. The Morgan fingerprint density at radius 3 is 2.91 bits per heavy atom. The molecule has 0 unspecified atom stereocenters. The summed E-state index contributed by atoms with van der Waals surface area (Å²) < 4.78 is 34.3. The normalized spacial score (nSPS) is 17.1. The van der Waals surface area contributed by atoms with E-state index in [1.54, 1.807) is 17.8 Å². The number of carbonyl (C=O) groups is 1. The number of ether oxygens (including phenoxy) is 1. The van der Waals surface area contributed by atoms with Crippen molar-refractivity contribution in [1.82, 2.24) is 9.78 Å². The fraction of sp³-hybridized carbons (Fsp3) is 0.286. The van der Waals surface area contributed by atoms with Gasteiger partial charge in [0.2, 0.25) is 0 Å². The maximum Gasteiger partial charge on any atom is 0.265 e. The molecule has 9 heteroatoms. The molecule has 0 spiro atoms. The minimum atomic E-state index is -3.78. The van der Waals surface area contributed by atoms with Crippen molar-refractivity contribution < 1.29 is 17.9 Å². The maximum absolute atomic E-state index is 12.4. The lowest BCUT2D eigenvalue weighted by molar-refractivity contribution is -0.122. The molecular formula is C14H16N4O4S. The number of nitrogens with zero attached hydrogens (tertiary/aromatic N) is 2. The molecule has 2 aromatic rings. The van der Waals surface area contributed by atoms with Crippen LogP contribution in [-0.4, -0.2) is 30.2 Å². The first-order valence-corrected chi connectivity index (χ1v) is 8.54. The number of benzene rings is 1. The topological polar surface area (TPSA) is 102 Å². The van der Waals surface area contributed by atoms with Gasteiger partial charge in [-0.05, 0) is 32.0 Å². The lowest BCUT2D eigenvalue weighted by atomic mass is 10.2. The monoisotopic (exact) mass is 336 g/mol. The van der Waals surface area contributed by atoms with E-state index in [0.29, 0.717) is 23.7 Å². The Morgan fingerprint density at radius 1 is 1.43 bits per heavy atom. The van der Waals surface area contributed by atoms with E-state index in [9.17, 15) is 13.2 Å². The Kier molecular flexibility index (Phi) is 3.72. The van der Waals surface area contributed by atoms with Crippen LogP contribution in [0.5, 0.6) is 5.75 Å². The highest BCUT2D eigenvalue weighted by molar-refractivity contribution is 7.92. The molecule has 0 bridgehead atoms. The van der Waals surface area contributed by atoms with Gasteiger partial charge in [-0.1, -0.05) is 0 Å². The SMILES string of the molecule is CCn1cc(NS(=O)(=O)c2ccc3c(c2)NC(=O)[C@@H](C)O3)cn1. The molecule has 122 valence electrons. The van der Waals surface area contributed by atoms with Gasteiger partial charge in [-0.3, -0.25) is 14.2 Å². The molecular weight excluding hydrogens is 320 g/mol. The zero-order chi connectivity index (χ0) is 16.6. The number of nitrogens with one attached hydrogen (secondary N) is 2. The molecule has 0 aliphatic carbocycles. The van der Waals surface area contributed by atoms with Crippen LogP contribution >= 0.6 is 0 Å². The number of anilines is 2. The molecule has 0 fully saturated rings. The molecule has 1 aliphatic heterocycles. The third-order valence-electron chi connectivity index (χ3n) is 3.40. The third-order valence-corrected chi connectivity index (χ3v) is 4.78. The average Bonchev–Trinajstić information content (AvgIpc) is 2.95. The van der Waals surface area contributed by atoms with Crippen molar-refractivity contribution in [3.63, 3.8) is 0 Å². The third kappa shape index (κ3) is 3.00. The molecule has 1 aliphatic rings. The number of hydrogen-bond acceptors (Lipinski definition) is 5. The molecule has 1 atom stereocenters. The second-order valence-electron chi connectivity index (χ2n) is 5.10. The summed E-state index contributed by atoms with van der Waals surface area (Å²) >= 11 is 0. The summed E-state index contributed by atoms with van der Waals surface area (Å²) in [6.45, 7) is 4.16. The largest absolute Gasteiger partial charge is 0.479 e. The summed E-state index contributed by atoms with van der Waals surface area (Å²) in [4.78, 5) is 11.7. The smallest absolute Gasteiger partial charge is 0.265 e. The quantitative estimate of drug-likeness (QED) is 0.879. The number of aryl methyl sites for hydroxylation is 1. The van der Waals surface area contributed by atoms with Crippen molar-refractivity contribution in [2.75, 3.05) is 10.0 Å². The van der Waals surface area contributed by atoms with Crippen LogP contribution < -0.4 is 14.8 Å². The molecule has 3 rings (SSSR count). The number of carbonyl (C=O) groups excluding carboxylic acids is 1. The van der Waals surface area contributed by atoms with Gasteiger partial charge in [0.1, 0.15) is 5.75 Å². The van der Waals surface area contributed by atoms with Crippen LogP contribution in [0, 0.1) is 0 Å². The van der Waals surface area contributed by atoms with Crippen LogP contribution in [-0.2, 0) is 21.4 Å². The Morgan fingerprint density at radius 2 is 2.22 bits per heavy atom. The molecule has 0 radical (unpaired) electrons. The fourth-order valence-corrected chi connectivity index (χ4v) is 3.21. The van der Waals surface area contributed by atoms with Gasteiger partial charge in [0.05, 0.1) is 22.5 Å². The molecule has 0 saturated heterocycles. The second kappa shape index (κ2) is 5.58. The van der Waals surface area contributed by atoms with E-state index >= 15 is 0 Å². The van der Waals surface area contributed by atoms with E-state index in [1.165, 1.54) is 24.4 Å². The van der Waals surface area contributed by atoms with E-state index in [0.717, 1.165) is 0 Å². The molecule has 23 heavy (non-hydrogen) atoms. The van der Waals surface area contributed by atoms with E-state index in [4.69, 9.17) is 4.74 Å². The number of hydrogen-bond donors (Lipinski definition) is 2. The average molecular weight is 336 g/mol. The summed E-state index contributed by atoms with van der Waals surface area (Å²) in [5.74, 6) is 0.124. The van der Waals surface area contributed by atoms with Gasteiger partial charge < -0.3 is 10.1 Å². The Balaban J connectivity index is 1.88. The number of amides is 1. The van der Waals surface area contributed by atoms with E-state index < -0.39 is 16.1 Å². The number of fused-ring (bicyclic) bond motifs is 1. The first kappa shape index (κ1) is 15.3. The van der Waals surface area contributed by atoms with Gasteiger partial charge in [-0.15, -0.1) is 0 Å². The van der Waals surface area contributed by atoms with Crippen molar-refractivity contribution in [3.05, 3.63) is 30.6 Å². The van der Waals surface area contributed by atoms with E-state index in [2.05, 4.69) is 15.1 Å². The number of aromatic nitrogens is 2. The van der Waals surface area contributed by atoms with Crippen molar-refractivity contribution in [1.29, 1.82) is 0 Å². The van der Waals surface area contributed by atoms with Gasteiger partial charge in [0.15, 0.2) is 6.10 Å². The molecule has 2 heterocycles. The van der Waals surface area contributed by atoms with Crippen molar-refractivity contribution >= 4 is 27.3 Å². The van der Waals surface area contributed by atoms with Crippen LogP contribution in [0.1, 0.15) is 13.8 Å². The van der Waals surface area contributed by atoms with E-state index in [-0.39, 0.29) is 10.8 Å².